The number of aromatic nitrogens is 4. The van der Waals surface area contributed by atoms with Gasteiger partial charge in [0.05, 0.1) is 0 Å². The minimum absolute atomic E-state index is 0.635. The highest BCUT2D eigenvalue weighted by Crippen LogP contribution is 2.37. The van der Waals surface area contributed by atoms with Crippen LogP contribution in [0.15, 0.2) is 18.5 Å². The molecule has 2 aliphatic heterocycles. The maximum absolute atomic E-state index is 4.78. The molecule has 25 heavy (non-hydrogen) atoms. The summed E-state index contributed by atoms with van der Waals surface area (Å²) in [6.07, 6.45) is 7.52. The van der Waals surface area contributed by atoms with E-state index in [9.17, 15) is 0 Å². The van der Waals surface area contributed by atoms with Crippen LogP contribution in [0.2, 0.25) is 0 Å². The van der Waals surface area contributed by atoms with Gasteiger partial charge in [-0.3, -0.25) is 4.90 Å². The maximum Gasteiger partial charge on any atom is 0.225 e. The van der Waals surface area contributed by atoms with E-state index in [4.69, 9.17) is 4.98 Å². The van der Waals surface area contributed by atoms with Gasteiger partial charge in [0, 0.05) is 75.2 Å². The van der Waals surface area contributed by atoms with Crippen LogP contribution in [0.5, 0.6) is 0 Å². The predicted octanol–water partition coefficient (Wildman–Crippen LogP) is 1.61. The number of anilines is 2. The predicted molar refractivity (Wildman–Crippen MR) is 98.3 cm³/mol. The fourth-order valence-corrected chi connectivity index (χ4v) is 4.54. The third kappa shape index (κ3) is 2.97. The summed E-state index contributed by atoms with van der Waals surface area (Å²) in [4.78, 5) is 20.8. The molecule has 4 heterocycles. The molecule has 0 bridgehead atoms. The molecule has 0 aromatic carbocycles. The largest absolute Gasteiger partial charge is 0.344 e. The number of hydrogen-bond acceptors (Lipinski definition) is 8. The normalized spacial score (nSPS) is 22.7. The summed E-state index contributed by atoms with van der Waals surface area (Å²) in [5, 5.41) is 1.12. The molecule has 0 spiro atoms. The molecule has 0 unspecified atom stereocenters. The lowest BCUT2D eigenvalue weighted by molar-refractivity contribution is 0.156. The second-order valence-corrected chi connectivity index (χ2v) is 7.92. The van der Waals surface area contributed by atoms with E-state index in [0.29, 0.717) is 12.0 Å². The van der Waals surface area contributed by atoms with E-state index in [2.05, 4.69) is 29.0 Å². The van der Waals surface area contributed by atoms with Crippen LogP contribution in [0.3, 0.4) is 0 Å². The Balaban J connectivity index is 1.12. The van der Waals surface area contributed by atoms with Gasteiger partial charge in [-0.25, -0.2) is 15.0 Å². The third-order valence-electron chi connectivity index (χ3n) is 5.70. The van der Waals surface area contributed by atoms with Crippen LogP contribution in [0.25, 0.3) is 0 Å². The summed E-state index contributed by atoms with van der Waals surface area (Å²) in [6.45, 7) is 6.35. The molecule has 2 aromatic heterocycles. The van der Waals surface area contributed by atoms with Gasteiger partial charge in [0.25, 0.3) is 0 Å². The monoisotopic (exact) mass is 357 g/mol. The van der Waals surface area contributed by atoms with Gasteiger partial charge in [-0.1, -0.05) is 6.42 Å². The Labute approximate surface area is 151 Å². The van der Waals surface area contributed by atoms with E-state index < -0.39 is 0 Å². The van der Waals surface area contributed by atoms with Crippen molar-refractivity contribution in [2.45, 2.75) is 31.2 Å². The average molecular weight is 357 g/mol. The van der Waals surface area contributed by atoms with Crippen molar-refractivity contribution in [1.29, 1.82) is 0 Å². The van der Waals surface area contributed by atoms with Gasteiger partial charge < -0.3 is 9.80 Å². The average Bonchev–Trinajstić information content (AvgIpc) is 3.02. The van der Waals surface area contributed by atoms with Crippen LogP contribution in [0.1, 0.15) is 31.0 Å². The smallest absolute Gasteiger partial charge is 0.225 e. The molecule has 0 radical (unpaired) electrons. The molecular formula is C17H23N7S. The number of nitrogens with zero attached hydrogens (tertiary/aromatic N) is 7. The van der Waals surface area contributed by atoms with Crippen LogP contribution < -0.4 is 9.80 Å². The minimum atomic E-state index is 0.635. The summed E-state index contributed by atoms with van der Waals surface area (Å²) in [5.74, 6) is 2.58. The Hall–Kier alpha value is -1.80. The Kier molecular flexibility index (Phi) is 4.01. The minimum Gasteiger partial charge on any atom is -0.344 e. The molecule has 8 heteroatoms. The van der Waals surface area contributed by atoms with Gasteiger partial charge in [0.1, 0.15) is 5.82 Å². The Morgan fingerprint density at radius 3 is 2.40 bits per heavy atom. The molecule has 3 fully saturated rings. The zero-order chi connectivity index (χ0) is 16.6. The summed E-state index contributed by atoms with van der Waals surface area (Å²) in [6, 6.07) is 2.52. The Bertz CT molecular complexity index is 703. The zero-order valence-corrected chi connectivity index (χ0v) is 15.1. The van der Waals surface area contributed by atoms with Gasteiger partial charge in [-0.2, -0.15) is 4.37 Å². The van der Waals surface area contributed by atoms with Crippen LogP contribution >= 0.6 is 11.5 Å². The summed E-state index contributed by atoms with van der Waals surface area (Å²) >= 11 is 1.58. The van der Waals surface area contributed by atoms with E-state index in [-0.39, 0.29) is 0 Å². The van der Waals surface area contributed by atoms with Crippen molar-refractivity contribution in [1.82, 2.24) is 24.2 Å². The van der Waals surface area contributed by atoms with Gasteiger partial charge in [-0.15, -0.1) is 0 Å². The first-order valence-electron chi connectivity index (χ1n) is 9.21. The van der Waals surface area contributed by atoms with E-state index in [0.717, 1.165) is 56.2 Å². The number of hydrogen-bond donors (Lipinski definition) is 0. The lowest BCUT2D eigenvalue weighted by Crippen LogP contribution is -2.63. The molecule has 0 atom stereocenters. The molecule has 0 N–H and O–H groups in total. The topological polar surface area (TPSA) is 61.3 Å². The highest BCUT2D eigenvalue weighted by Gasteiger charge is 2.36. The summed E-state index contributed by atoms with van der Waals surface area (Å²) in [5.41, 5.74) is 0. The van der Waals surface area contributed by atoms with Crippen LogP contribution in [-0.2, 0) is 0 Å². The molecule has 1 saturated carbocycles. The molecule has 132 valence electrons. The summed E-state index contributed by atoms with van der Waals surface area (Å²) < 4.78 is 4.58. The SMILES string of the molecule is c1cnc(N2CCN(C3CN(c4nc(C5CCC5)ns4)C3)CC2)nc1. The van der Waals surface area contributed by atoms with Crippen molar-refractivity contribution in [3.8, 4) is 0 Å². The quantitative estimate of drug-likeness (QED) is 0.824. The van der Waals surface area contributed by atoms with Crippen molar-refractivity contribution >= 4 is 22.6 Å². The maximum atomic E-state index is 4.78. The third-order valence-corrected chi connectivity index (χ3v) is 6.49. The molecule has 2 aromatic rings. The highest BCUT2D eigenvalue weighted by atomic mass is 32.1. The van der Waals surface area contributed by atoms with Gasteiger partial charge in [0.2, 0.25) is 11.1 Å². The van der Waals surface area contributed by atoms with Gasteiger partial charge in [0.15, 0.2) is 0 Å². The number of rotatable bonds is 4. The van der Waals surface area contributed by atoms with Crippen LogP contribution in [-0.4, -0.2) is 69.5 Å². The second kappa shape index (κ2) is 6.49. The lowest BCUT2D eigenvalue weighted by Gasteiger charge is -2.48. The van der Waals surface area contributed by atoms with E-state index >= 15 is 0 Å². The first-order valence-corrected chi connectivity index (χ1v) is 9.99. The molecule has 1 aliphatic carbocycles. The first kappa shape index (κ1) is 15.5. The van der Waals surface area contributed by atoms with Crippen molar-refractivity contribution in [2.75, 3.05) is 49.1 Å². The zero-order valence-electron chi connectivity index (χ0n) is 14.3. The highest BCUT2D eigenvalue weighted by molar-refractivity contribution is 7.09. The molecule has 5 rings (SSSR count). The molecule has 3 aliphatic rings. The second-order valence-electron chi connectivity index (χ2n) is 7.19. The Morgan fingerprint density at radius 1 is 0.960 bits per heavy atom. The van der Waals surface area contributed by atoms with Gasteiger partial charge >= 0.3 is 0 Å². The summed E-state index contributed by atoms with van der Waals surface area (Å²) in [7, 11) is 0. The molecule has 7 nitrogen and oxygen atoms in total. The van der Waals surface area contributed by atoms with Crippen molar-refractivity contribution in [2.24, 2.45) is 0 Å². The van der Waals surface area contributed by atoms with Crippen molar-refractivity contribution in [3.05, 3.63) is 24.3 Å². The lowest BCUT2D eigenvalue weighted by atomic mass is 9.85. The molecular weight excluding hydrogens is 334 g/mol. The Morgan fingerprint density at radius 2 is 1.72 bits per heavy atom. The standard InChI is InChI=1S/C17H23N7S/c1-3-13(4-1)15-20-17(25-21-15)24-11-14(12-24)22-7-9-23(10-8-22)16-18-5-2-6-19-16/h2,5-6,13-14H,1,3-4,7-12H2. The molecule has 2 saturated heterocycles. The van der Waals surface area contributed by atoms with Crippen LogP contribution in [0.4, 0.5) is 11.1 Å². The van der Waals surface area contributed by atoms with E-state index in [1.165, 1.54) is 19.3 Å². The van der Waals surface area contributed by atoms with E-state index in [1.807, 2.05) is 18.5 Å². The van der Waals surface area contributed by atoms with Crippen LogP contribution in [0, 0.1) is 0 Å². The van der Waals surface area contributed by atoms with Gasteiger partial charge in [-0.05, 0) is 18.9 Å². The van der Waals surface area contributed by atoms with Crippen molar-refractivity contribution in [3.63, 3.8) is 0 Å². The molecule has 0 amide bonds. The van der Waals surface area contributed by atoms with Crippen molar-refractivity contribution < 1.29 is 0 Å². The van der Waals surface area contributed by atoms with E-state index in [1.54, 1.807) is 11.5 Å². The fraction of sp³-hybridized carbons (Fsp3) is 0.647. The fourth-order valence-electron chi connectivity index (χ4n) is 3.77. The number of piperazine rings is 1. The first-order chi connectivity index (χ1) is 12.4.